The second-order valence-electron chi connectivity index (χ2n) is 3.60. The lowest BCUT2D eigenvalue weighted by molar-refractivity contribution is 0.0177. The highest BCUT2D eigenvalue weighted by Crippen LogP contribution is 2.22. The summed E-state index contributed by atoms with van der Waals surface area (Å²) < 4.78 is 10.8. The van der Waals surface area contributed by atoms with Gasteiger partial charge in [0.25, 0.3) is 0 Å². The zero-order valence-corrected chi connectivity index (χ0v) is 9.28. The Morgan fingerprint density at radius 2 is 1.86 bits per heavy atom. The van der Waals surface area contributed by atoms with Crippen molar-refractivity contribution in [3.63, 3.8) is 0 Å². The second kappa shape index (κ2) is 5.01. The summed E-state index contributed by atoms with van der Waals surface area (Å²) in [5, 5.41) is 0. The van der Waals surface area contributed by atoms with Crippen molar-refractivity contribution in [1.82, 2.24) is 0 Å². The third kappa shape index (κ3) is 3.04. The van der Waals surface area contributed by atoms with Crippen LogP contribution >= 0.6 is 0 Å². The molecule has 1 rings (SSSR count). The molecule has 0 aliphatic rings. The molecule has 0 spiro atoms. The van der Waals surface area contributed by atoms with Gasteiger partial charge in [0.1, 0.15) is 5.75 Å². The largest absolute Gasteiger partial charge is 0.497 e. The van der Waals surface area contributed by atoms with Crippen molar-refractivity contribution in [2.45, 2.75) is 33.0 Å². The lowest BCUT2D eigenvalue weighted by Gasteiger charge is -2.16. The van der Waals surface area contributed by atoms with E-state index in [1.54, 1.807) is 7.11 Å². The molecule has 1 aromatic carbocycles. The summed E-state index contributed by atoms with van der Waals surface area (Å²) in [6.45, 7) is 6.13. The van der Waals surface area contributed by atoms with Crippen molar-refractivity contribution >= 4 is 0 Å². The SMILES string of the molecule is COc1cccc(C(C)OC(C)C)c1. The zero-order valence-electron chi connectivity index (χ0n) is 9.28. The van der Waals surface area contributed by atoms with E-state index in [-0.39, 0.29) is 12.2 Å². The zero-order chi connectivity index (χ0) is 10.6. The summed E-state index contributed by atoms with van der Waals surface area (Å²) in [6, 6.07) is 7.97. The number of rotatable bonds is 4. The molecule has 2 heteroatoms. The Kier molecular flexibility index (Phi) is 3.96. The van der Waals surface area contributed by atoms with Gasteiger partial charge in [0.05, 0.1) is 19.3 Å². The van der Waals surface area contributed by atoms with Crippen molar-refractivity contribution in [2.75, 3.05) is 7.11 Å². The molecule has 78 valence electrons. The molecular weight excluding hydrogens is 176 g/mol. The number of ether oxygens (including phenoxy) is 2. The monoisotopic (exact) mass is 194 g/mol. The first-order valence-corrected chi connectivity index (χ1v) is 4.93. The Bertz CT molecular complexity index is 281. The van der Waals surface area contributed by atoms with E-state index in [4.69, 9.17) is 9.47 Å². The lowest BCUT2D eigenvalue weighted by Crippen LogP contribution is -2.07. The highest BCUT2D eigenvalue weighted by Gasteiger charge is 2.08. The van der Waals surface area contributed by atoms with Gasteiger partial charge in [-0.1, -0.05) is 12.1 Å². The minimum absolute atomic E-state index is 0.116. The first kappa shape index (κ1) is 11.1. The summed E-state index contributed by atoms with van der Waals surface area (Å²) >= 11 is 0. The third-order valence-corrected chi connectivity index (χ3v) is 2.04. The van der Waals surface area contributed by atoms with Crippen LogP contribution in [0.3, 0.4) is 0 Å². The Morgan fingerprint density at radius 3 is 2.43 bits per heavy atom. The van der Waals surface area contributed by atoms with E-state index in [0.717, 1.165) is 11.3 Å². The van der Waals surface area contributed by atoms with Crippen LogP contribution in [-0.2, 0) is 4.74 Å². The first-order valence-electron chi connectivity index (χ1n) is 4.93. The molecule has 0 radical (unpaired) electrons. The molecule has 0 N–H and O–H groups in total. The van der Waals surface area contributed by atoms with E-state index >= 15 is 0 Å². The van der Waals surface area contributed by atoms with Crippen LogP contribution in [0.25, 0.3) is 0 Å². The van der Waals surface area contributed by atoms with E-state index in [9.17, 15) is 0 Å². The molecule has 1 aromatic rings. The fraction of sp³-hybridized carbons (Fsp3) is 0.500. The molecule has 0 aliphatic heterocycles. The van der Waals surface area contributed by atoms with Crippen LogP contribution < -0.4 is 4.74 Å². The van der Waals surface area contributed by atoms with Crippen LogP contribution in [0.15, 0.2) is 24.3 Å². The molecule has 0 saturated carbocycles. The minimum Gasteiger partial charge on any atom is -0.497 e. The molecule has 1 atom stereocenters. The topological polar surface area (TPSA) is 18.5 Å². The fourth-order valence-electron chi connectivity index (χ4n) is 1.38. The smallest absolute Gasteiger partial charge is 0.119 e. The maximum atomic E-state index is 5.68. The van der Waals surface area contributed by atoms with E-state index < -0.39 is 0 Å². The van der Waals surface area contributed by atoms with Crippen LogP contribution in [0.1, 0.15) is 32.4 Å². The normalized spacial score (nSPS) is 12.9. The molecule has 0 bridgehead atoms. The van der Waals surface area contributed by atoms with Crippen molar-refractivity contribution in [3.05, 3.63) is 29.8 Å². The molecule has 0 aromatic heterocycles. The maximum Gasteiger partial charge on any atom is 0.119 e. The van der Waals surface area contributed by atoms with Gasteiger partial charge in [0.15, 0.2) is 0 Å². The van der Waals surface area contributed by atoms with Gasteiger partial charge < -0.3 is 9.47 Å². The van der Waals surface area contributed by atoms with Crippen LogP contribution in [-0.4, -0.2) is 13.2 Å². The molecule has 0 saturated heterocycles. The number of benzene rings is 1. The van der Waals surface area contributed by atoms with E-state index in [1.807, 2.05) is 32.0 Å². The average molecular weight is 194 g/mol. The van der Waals surface area contributed by atoms with E-state index in [0.29, 0.717) is 0 Å². The predicted molar refractivity (Wildman–Crippen MR) is 57.6 cm³/mol. The van der Waals surface area contributed by atoms with Gasteiger partial charge in [-0.15, -0.1) is 0 Å². The van der Waals surface area contributed by atoms with Gasteiger partial charge >= 0.3 is 0 Å². The Hall–Kier alpha value is -1.02. The maximum absolute atomic E-state index is 5.68. The highest BCUT2D eigenvalue weighted by molar-refractivity contribution is 5.29. The predicted octanol–water partition coefficient (Wildman–Crippen LogP) is 3.18. The van der Waals surface area contributed by atoms with E-state index in [2.05, 4.69) is 13.0 Å². The van der Waals surface area contributed by atoms with Gasteiger partial charge in [-0.2, -0.15) is 0 Å². The summed E-state index contributed by atoms with van der Waals surface area (Å²) in [5.41, 5.74) is 1.15. The van der Waals surface area contributed by atoms with Crippen molar-refractivity contribution in [2.24, 2.45) is 0 Å². The van der Waals surface area contributed by atoms with Crippen LogP contribution in [0.2, 0.25) is 0 Å². The number of hydrogen-bond donors (Lipinski definition) is 0. The van der Waals surface area contributed by atoms with Gasteiger partial charge in [0.2, 0.25) is 0 Å². The lowest BCUT2D eigenvalue weighted by atomic mass is 10.1. The molecule has 2 nitrogen and oxygen atoms in total. The quantitative estimate of drug-likeness (QED) is 0.733. The molecule has 0 heterocycles. The van der Waals surface area contributed by atoms with Crippen molar-refractivity contribution in [3.8, 4) is 5.75 Å². The fourth-order valence-corrected chi connectivity index (χ4v) is 1.38. The van der Waals surface area contributed by atoms with Gasteiger partial charge in [-0.05, 0) is 38.5 Å². The molecule has 0 fully saturated rings. The molecule has 0 amide bonds. The first-order chi connectivity index (χ1) is 6.63. The molecule has 0 aliphatic carbocycles. The molecule has 1 unspecified atom stereocenters. The Balaban J connectivity index is 2.73. The van der Waals surface area contributed by atoms with Crippen LogP contribution in [0, 0.1) is 0 Å². The van der Waals surface area contributed by atoms with Gasteiger partial charge in [0, 0.05) is 0 Å². The summed E-state index contributed by atoms with van der Waals surface area (Å²) in [4.78, 5) is 0. The summed E-state index contributed by atoms with van der Waals surface area (Å²) in [7, 11) is 1.67. The van der Waals surface area contributed by atoms with Crippen molar-refractivity contribution < 1.29 is 9.47 Å². The summed E-state index contributed by atoms with van der Waals surface area (Å²) in [6.07, 6.45) is 0.362. The Morgan fingerprint density at radius 1 is 1.14 bits per heavy atom. The van der Waals surface area contributed by atoms with Gasteiger partial charge in [-0.25, -0.2) is 0 Å². The minimum atomic E-state index is 0.116. The standard InChI is InChI=1S/C12H18O2/c1-9(2)14-10(3)11-6-5-7-12(8-11)13-4/h5-10H,1-4H3. The average Bonchev–Trinajstić information content (AvgIpc) is 2.17. The number of methoxy groups -OCH3 is 1. The van der Waals surface area contributed by atoms with Crippen LogP contribution in [0.4, 0.5) is 0 Å². The molecule has 14 heavy (non-hydrogen) atoms. The Labute approximate surface area is 85.8 Å². The van der Waals surface area contributed by atoms with Gasteiger partial charge in [-0.3, -0.25) is 0 Å². The number of hydrogen-bond acceptors (Lipinski definition) is 2. The second-order valence-corrected chi connectivity index (χ2v) is 3.60. The third-order valence-electron chi connectivity index (χ3n) is 2.04. The van der Waals surface area contributed by atoms with Crippen LogP contribution in [0.5, 0.6) is 5.75 Å². The van der Waals surface area contributed by atoms with E-state index in [1.165, 1.54) is 0 Å². The highest BCUT2D eigenvalue weighted by atomic mass is 16.5. The summed E-state index contributed by atoms with van der Waals surface area (Å²) in [5.74, 6) is 0.877. The molecular formula is C12H18O2. The van der Waals surface area contributed by atoms with Crippen molar-refractivity contribution in [1.29, 1.82) is 0 Å².